The van der Waals surface area contributed by atoms with Gasteiger partial charge in [-0.25, -0.2) is 0 Å². The van der Waals surface area contributed by atoms with Gasteiger partial charge in [0.1, 0.15) is 0 Å². The Hall–Kier alpha value is -2.80. The molecule has 0 aliphatic carbocycles. The van der Waals surface area contributed by atoms with Gasteiger partial charge in [0.15, 0.2) is 23.2 Å². The third-order valence-electron chi connectivity index (χ3n) is 3.77. The summed E-state index contributed by atoms with van der Waals surface area (Å²) < 4.78 is 10.6. The zero-order valence-electron chi connectivity index (χ0n) is 15.6. The van der Waals surface area contributed by atoms with Crippen molar-refractivity contribution in [2.24, 2.45) is 0 Å². The van der Waals surface area contributed by atoms with Gasteiger partial charge in [0.25, 0.3) is 5.91 Å². The van der Waals surface area contributed by atoms with Crippen LogP contribution in [-0.4, -0.2) is 24.7 Å². The molecule has 0 atom stereocenters. The molecule has 2 rings (SSSR count). The minimum atomic E-state index is -0.361. The minimum absolute atomic E-state index is 0.165. The predicted molar refractivity (Wildman–Crippen MR) is 111 cm³/mol. The Labute approximate surface area is 165 Å². The molecule has 0 aliphatic rings. The number of unbranched alkanes of at least 4 members (excludes halogenated alkanes) is 1. The van der Waals surface area contributed by atoms with E-state index in [2.05, 4.69) is 35.2 Å². The summed E-state index contributed by atoms with van der Waals surface area (Å²) >= 11 is 5.18. The SMILES string of the molecule is CCCCc1ccc(NC(=S)NNC(=O)COc2ccccc2OC)cc1. The van der Waals surface area contributed by atoms with Crippen LogP contribution in [0, 0.1) is 0 Å². The first-order valence-electron chi connectivity index (χ1n) is 8.83. The van der Waals surface area contributed by atoms with Gasteiger partial charge in [0.2, 0.25) is 0 Å². The maximum Gasteiger partial charge on any atom is 0.276 e. The van der Waals surface area contributed by atoms with Crippen LogP contribution in [0.5, 0.6) is 11.5 Å². The van der Waals surface area contributed by atoms with Crippen LogP contribution in [0.25, 0.3) is 0 Å². The molecule has 144 valence electrons. The molecule has 2 aromatic rings. The third-order valence-corrected chi connectivity index (χ3v) is 3.98. The fraction of sp³-hybridized carbons (Fsp3) is 0.300. The van der Waals surface area contributed by atoms with Crippen molar-refractivity contribution in [1.82, 2.24) is 10.9 Å². The lowest BCUT2D eigenvalue weighted by Gasteiger charge is -2.13. The number of hydrogen-bond acceptors (Lipinski definition) is 4. The standard InChI is InChI=1S/C20H25N3O3S/c1-3-4-7-15-10-12-16(13-11-15)21-20(27)23-22-19(24)14-26-18-9-6-5-8-17(18)25-2/h5-6,8-13H,3-4,7,14H2,1-2H3,(H,22,24)(H2,21,23,27). The topological polar surface area (TPSA) is 71.6 Å². The molecule has 0 aromatic heterocycles. The molecule has 0 spiro atoms. The number of nitrogens with one attached hydrogen (secondary N) is 3. The normalized spacial score (nSPS) is 10.0. The molecule has 6 nitrogen and oxygen atoms in total. The third kappa shape index (κ3) is 7.15. The van der Waals surface area contributed by atoms with Crippen LogP contribution < -0.4 is 25.6 Å². The molecule has 0 fully saturated rings. The Bertz CT molecular complexity index is 750. The molecule has 0 saturated carbocycles. The smallest absolute Gasteiger partial charge is 0.276 e. The molecule has 0 saturated heterocycles. The Morgan fingerprint density at radius 3 is 2.41 bits per heavy atom. The fourth-order valence-corrected chi connectivity index (χ4v) is 2.51. The maximum absolute atomic E-state index is 11.9. The fourth-order valence-electron chi connectivity index (χ4n) is 2.34. The number of para-hydroxylation sites is 2. The second-order valence-electron chi connectivity index (χ2n) is 5.87. The quantitative estimate of drug-likeness (QED) is 0.476. The number of hydrogen-bond donors (Lipinski definition) is 3. The summed E-state index contributed by atoms with van der Waals surface area (Å²) in [5.41, 5.74) is 7.29. The molecule has 0 radical (unpaired) electrons. The first-order valence-corrected chi connectivity index (χ1v) is 9.23. The van der Waals surface area contributed by atoms with Gasteiger partial charge in [0.05, 0.1) is 7.11 Å². The number of benzene rings is 2. The number of ether oxygens (including phenoxy) is 2. The Kier molecular flexibility index (Phi) is 8.38. The van der Waals surface area contributed by atoms with E-state index in [0.29, 0.717) is 16.6 Å². The van der Waals surface area contributed by atoms with Crippen molar-refractivity contribution in [3.05, 3.63) is 54.1 Å². The van der Waals surface area contributed by atoms with Gasteiger partial charge in [-0.05, 0) is 54.9 Å². The van der Waals surface area contributed by atoms with Gasteiger partial charge < -0.3 is 14.8 Å². The van der Waals surface area contributed by atoms with E-state index in [4.69, 9.17) is 21.7 Å². The second-order valence-corrected chi connectivity index (χ2v) is 6.28. The zero-order chi connectivity index (χ0) is 19.5. The van der Waals surface area contributed by atoms with E-state index < -0.39 is 0 Å². The average molecular weight is 388 g/mol. The number of aryl methyl sites for hydroxylation is 1. The van der Waals surface area contributed by atoms with E-state index in [0.717, 1.165) is 12.1 Å². The van der Waals surface area contributed by atoms with Crippen molar-refractivity contribution < 1.29 is 14.3 Å². The van der Waals surface area contributed by atoms with Gasteiger partial charge in [-0.3, -0.25) is 15.6 Å². The summed E-state index contributed by atoms with van der Waals surface area (Å²) in [4.78, 5) is 11.9. The van der Waals surface area contributed by atoms with Crippen molar-refractivity contribution in [2.45, 2.75) is 26.2 Å². The lowest BCUT2D eigenvalue weighted by atomic mass is 10.1. The molecule has 3 N–H and O–H groups in total. The van der Waals surface area contributed by atoms with Crippen molar-refractivity contribution in [1.29, 1.82) is 0 Å². The average Bonchev–Trinajstić information content (AvgIpc) is 2.70. The lowest BCUT2D eigenvalue weighted by molar-refractivity contribution is -0.123. The molecule has 1 amide bonds. The lowest BCUT2D eigenvalue weighted by Crippen LogP contribution is -2.45. The van der Waals surface area contributed by atoms with Gasteiger partial charge in [-0.1, -0.05) is 37.6 Å². The number of amides is 1. The molecule has 2 aromatic carbocycles. The molecular formula is C20H25N3O3S. The highest BCUT2D eigenvalue weighted by molar-refractivity contribution is 7.80. The predicted octanol–water partition coefficient (Wildman–Crippen LogP) is 3.43. The maximum atomic E-state index is 11.9. The van der Waals surface area contributed by atoms with Gasteiger partial charge >= 0.3 is 0 Å². The Morgan fingerprint density at radius 2 is 1.74 bits per heavy atom. The summed E-state index contributed by atoms with van der Waals surface area (Å²) in [5.74, 6) is 0.705. The molecule has 0 unspecified atom stereocenters. The number of carbonyl (C=O) groups excluding carboxylic acids is 1. The molecule has 27 heavy (non-hydrogen) atoms. The highest BCUT2D eigenvalue weighted by atomic mass is 32.1. The number of anilines is 1. The molecule has 0 aliphatic heterocycles. The van der Waals surface area contributed by atoms with Crippen molar-refractivity contribution in [3.63, 3.8) is 0 Å². The van der Waals surface area contributed by atoms with Gasteiger partial charge in [0, 0.05) is 5.69 Å². The zero-order valence-corrected chi connectivity index (χ0v) is 16.4. The van der Waals surface area contributed by atoms with Crippen LogP contribution in [0.15, 0.2) is 48.5 Å². The van der Waals surface area contributed by atoms with Crippen molar-refractivity contribution >= 4 is 28.9 Å². The van der Waals surface area contributed by atoms with Crippen LogP contribution >= 0.6 is 12.2 Å². The summed E-state index contributed by atoms with van der Waals surface area (Å²) in [6.45, 7) is 2.01. The van der Waals surface area contributed by atoms with E-state index in [1.165, 1.54) is 18.4 Å². The van der Waals surface area contributed by atoms with E-state index >= 15 is 0 Å². The number of thiocarbonyl (C=S) groups is 1. The molecular weight excluding hydrogens is 362 g/mol. The number of rotatable bonds is 8. The number of carbonyl (C=O) groups is 1. The summed E-state index contributed by atoms with van der Waals surface area (Å²) in [7, 11) is 1.55. The summed E-state index contributed by atoms with van der Waals surface area (Å²) in [5, 5.41) is 3.31. The Balaban J connectivity index is 1.72. The highest BCUT2D eigenvalue weighted by Gasteiger charge is 2.07. The minimum Gasteiger partial charge on any atom is -0.493 e. The van der Waals surface area contributed by atoms with E-state index in [1.54, 1.807) is 25.3 Å². The van der Waals surface area contributed by atoms with Crippen LogP contribution in [0.2, 0.25) is 0 Å². The van der Waals surface area contributed by atoms with Crippen LogP contribution in [-0.2, 0) is 11.2 Å². The van der Waals surface area contributed by atoms with E-state index in [9.17, 15) is 4.79 Å². The van der Waals surface area contributed by atoms with Crippen LogP contribution in [0.1, 0.15) is 25.3 Å². The van der Waals surface area contributed by atoms with Gasteiger partial charge in [-0.15, -0.1) is 0 Å². The molecule has 0 bridgehead atoms. The largest absolute Gasteiger partial charge is 0.493 e. The molecule has 0 heterocycles. The van der Waals surface area contributed by atoms with E-state index in [1.807, 2.05) is 18.2 Å². The van der Waals surface area contributed by atoms with Gasteiger partial charge in [-0.2, -0.15) is 0 Å². The first kappa shape index (κ1) is 20.5. The Morgan fingerprint density at radius 1 is 1.04 bits per heavy atom. The van der Waals surface area contributed by atoms with Crippen LogP contribution in [0.4, 0.5) is 5.69 Å². The summed E-state index contributed by atoms with van der Waals surface area (Å²) in [6.07, 6.45) is 3.42. The first-order chi connectivity index (χ1) is 13.1. The van der Waals surface area contributed by atoms with Crippen molar-refractivity contribution in [3.8, 4) is 11.5 Å². The highest BCUT2D eigenvalue weighted by Crippen LogP contribution is 2.25. The molecule has 7 heteroatoms. The number of hydrazine groups is 1. The van der Waals surface area contributed by atoms with Crippen LogP contribution in [0.3, 0.4) is 0 Å². The monoisotopic (exact) mass is 387 g/mol. The van der Waals surface area contributed by atoms with E-state index in [-0.39, 0.29) is 12.5 Å². The second kappa shape index (κ2) is 11.0. The summed E-state index contributed by atoms with van der Waals surface area (Å²) in [6, 6.07) is 15.2. The van der Waals surface area contributed by atoms with Crippen molar-refractivity contribution in [2.75, 3.05) is 19.0 Å². The number of methoxy groups -OCH3 is 1.